The predicted octanol–water partition coefficient (Wildman–Crippen LogP) is 2.65. The first-order chi connectivity index (χ1) is 8.74. The van der Waals surface area contributed by atoms with Gasteiger partial charge in [0, 0.05) is 17.3 Å². The Morgan fingerprint density at radius 1 is 1.33 bits per heavy atom. The van der Waals surface area contributed by atoms with E-state index in [2.05, 4.69) is 40.8 Å². The second-order valence-corrected chi connectivity index (χ2v) is 5.59. The average molecular weight is 265 g/mol. The van der Waals surface area contributed by atoms with Crippen LogP contribution in [0.3, 0.4) is 0 Å². The molecule has 0 unspecified atom stereocenters. The third-order valence-corrected chi connectivity index (χ3v) is 3.41. The number of thiophene rings is 1. The van der Waals surface area contributed by atoms with Gasteiger partial charge in [-0.2, -0.15) is 0 Å². The molecule has 0 fully saturated rings. The maximum Gasteiger partial charge on any atom is 0.221 e. The molecule has 0 atom stereocenters. The molecule has 5 heteroatoms. The van der Waals surface area contributed by atoms with Crippen LogP contribution >= 0.6 is 11.3 Å². The van der Waals surface area contributed by atoms with E-state index in [1.54, 1.807) is 11.3 Å². The Labute approximate surface area is 111 Å². The van der Waals surface area contributed by atoms with Gasteiger partial charge in [0.2, 0.25) is 11.8 Å². The van der Waals surface area contributed by atoms with Gasteiger partial charge in [0.15, 0.2) is 0 Å². The first kappa shape index (κ1) is 13.2. The van der Waals surface area contributed by atoms with E-state index in [1.165, 1.54) is 4.88 Å². The minimum absolute atomic E-state index is 0.530. The van der Waals surface area contributed by atoms with Crippen LogP contribution in [0.2, 0.25) is 0 Å². The maximum atomic E-state index is 5.62. The second-order valence-electron chi connectivity index (χ2n) is 4.56. The summed E-state index contributed by atoms with van der Waals surface area (Å²) in [6.45, 7) is 5.28. The molecule has 2 aromatic heterocycles. The van der Waals surface area contributed by atoms with Crippen LogP contribution in [0.25, 0.3) is 0 Å². The molecule has 0 saturated carbocycles. The monoisotopic (exact) mass is 265 g/mol. The second kappa shape index (κ2) is 6.66. The minimum atomic E-state index is 0.530. The number of hydrogen-bond acceptors (Lipinski definition) is 5. The van der Waals surface area contributed by atoms with Crippen LogP contribution in [-0.4, -0.2) is 22.8 Å². The molecule has 0 aliphatic carbocycles. The molecule has 0 radical (unpaired) electrons. The maximum absolute atomic E-state index is 5.62. The molecule has 0 aliphatic heterocycles. The Kier molecular flexibility index (Phi) is 4.90. The molecule has 0 saturated heterocycles. The molecule has 0 spiro atoms. The van der Waals surface area contributed by atoms with Gasteiger partial charge < -0.3 is 9.73 Å². The molecule has 0 bridgehead atoms. The van der Waals surface area contributed by atoms with Crippen molar-refractivity contribution >= 4 is 11.3 Å². The Morgan fingerprint density at radius 2 is 2.17 bits per heavy atom. The highest BCUT2D eigenvalue weighted by molar-refractivity contribution is 7.09. The number of rotatable bonds is 7. The molecular weight excluding hydrogens is 246 g/mol. The van der Waals surface area contributed by atoms with Gasteiger partial charge in [0.1, 0.15) is 0 Å². The molecule has 2 heterocycles. The van der Waals surface area contributed by atoms with Crippen molar-refractivity contribution in [3.63, 3.8) is 0 Å². The predicted molar refractivity (Wildman–Crippen MR) is 72.9 cm³/mol. The third kappa shape index (κ3) is 4.23. The van der Waals surface area contributed by atoms with Gasteiger partial charge in [-0.3, -0.25) is 0 Å². The number of aromatic nitrogens is 2. The van der Waals surface area contributed by atoms with Crippen molar-refractivity contribution in [1.29, 1.82) is 0 Å². The fourth-order valence-electron chi connectivity index (χ4n) is 1.65. The van der Waals surface area contributed by atoms with Crippen LogP contribution in [0.15, 0.2) is 21.9 Å². The number of nitrogens with zero attached hydrogens (tertiary/aromatic N) is 2. The van der Waals surface area contributed by atoms with Crippen LogP contribution < -0.4 is 5.32 Å². The molecule has 0 aliphatic rings. The van der Waals surface area contributed by atoms with E-state index in [0.717, 1.165) is 31.7 Å². The quantitative estimate of drug-likeness (QED) is 0.782. The zero-order valence-electron chi connectivity index (χ0n) is 10.8. The highest BCUT2D eigenvalue weighted by Crippen LogP contribution is 2.14. The van der Waals surface area contributed by atoms with Gasteiger partial charge in [0.25, 0.3) is 0 Å². The lowest BCUT2D eigenvalue weighted by molar-refractivity contribution is 0.446. The molecule has 98 valence electrons. The Hall–Kier alpha value is -1.20. The van der Waals surface area contributed by atoms with Crippen LogP contribution in [0.5, 0.6) is 0 Å². The van der Waals surface area contributed by atoms with E-state index in [-0.39, 0.29) is 0 Å². The van der Waals surface area contributed by atoms with E-state index < -0.39 is 0 Å². The van der Waals surface area contributed by atoms with E-state index in [4.69, 9.17) is 4.42 Å². The summed E-state index contributed by atoms with van der Waals surface area (Å²) in [5.41, 5.74) is 0. The molecule has 1 N–H and O–H groups in total. The van der Waals surface area contributed by atoms with Crippen molar-refractivity contribution in [3.8, 4) is 0 Å². The lowest BCUT2D eigenvalue weighted by Crippen LogP contribution is -2.23. The molecule has 2 rings (SSSR count). The third-order valence-electron chi connectivity index (χ3n) is 2.53. The minimum Gasteiger partial charge on any atom is -0.425 e. The number of aryl methyl sites for hydroxylation is 1. The fourth-order valence-corrected chi connectivity index (χ4v) is 2.35. The van der Waals surface area contributed by atoms with Gasteiger partial charge in [-0.25, -0.2) is 0 Å². The van der Waals surface area contributed by atoms with Crippen molar-refractivity contribution in [1.82, 2.24) is 15.5 Å². The van der Waals surface area contributed by atoms with E-state index in [1.807, 2.05) is 6.07 Å². The summed E-state index contributed by atoms with van der Waals surface area (Å²) in [5.74, 6) is 1.45. The van der Waals surface area contributed by atoms with Crippen molar-refractivity contribution < 1.29 is 4.42 Å². The molecule has 18 heavy (non-hydrogen) atoms. The zero-order chi connectivity index (χ0) is 12.8. The van der Waals surface area contributed by atoms with Gasteiger partial charge in [-0.1, -0.05) is 19.9 Å². The highest BCUT2D eigenvalue weighted by atomic mass is 32.1. The van der Waals surface area contributed by atoms with E-state index in [9.17, 15) is 0 Å². The van der Waals surface area contributed by atoms with E-state index in [0.29, 0.717) is 11.9 Å². The molecule has 0 aromatic carbocycles. The largest absolute Gasteiger partial charge is 0.425 e. The Balaban J connectivity index is 1.76. The van der Waals surface area contributed by atoms with Crippen molar-refractivity contribution in [2.24, 2.45) is 0 Å². The van der Waals surface area contributed by atoms with E-state index >= 15 is 0 Å². The number of hydrogen-bond donors (Lipinski definition) is 1. The van der Waals surface area contributed by atoms with Crippen molar-refractivity contribution in [3.05, 3.63) is 34.2 Å². The van der Waals surface area contributed by atoms with Crippen LogP contribution in [0, 0.1) is 0 Å². The average Bonchev–Trinajstić information content (AvgIpc) is 2.97. The summed E-state index contributed by atoms with van der Waals surface area (Å²) in [7, 11) is 0. The van der Waals surface area contributed by atoms with Crippen LogP contribution in [0.4, 0.5) is 0 Å². The standard InChI is InChI=1S/C13H19N3OS/c1-10(2)14-7-3-6-12-15-16-13(17-12)9-11-5-4-8-18-11/h4-5,8,10,14H,3,6-7,9H2,1-2H3. The fraction of sp³-hybridized carbons (Fsp3) is 0.538. The Bertz CT molecular complexity index is 451. The van der Waals surface area contributed by atoms with Crippen LogP contribution in [-0.2, 0) is 12.8 Å². The summed E-state index contributed by atoms with van der Waals surface area (Å²) in [6, 6.07) is 4.65. The molecular formula is C13H19N3OS. The van der Waals surface area contributed by atoms with Crippen LogP contribution in [0.1, 0.15) is 36.9 Å². The molecule has 4 nitrogen and oxygen atoms in total. The smallest absolute Gasteiger partial charge is 0.221 e. The lowest BCUT2D eigenvalue weighted by atomic mass is 10.3. The summed E-state index contributed by atoms with van der Waals surface area (Å²) < 4.78 is 5.62. The molecule has 0 amide bonds. The SMILES string of the molecule is CC(C)NCCCc1nnc(Cc2cccs2)o1. The van der Waals surface area contributed by atoms with Gasteiger partial charge >= 0.3 is 0 Å². The summed E-state index contributed by atoms with van der Waals surface area (Å²) in [6.07, 6.45) is 2.62. The van der Waals surface area contributed by atoms with Gasteiger partial charge in [0.05, 0.1) is 6.42 Å². The van der Waals surface area contributed by atoms with Crippen molar-refractivity contribution in [2.75, 3.05) is 6.54 Å². The summed E-state index contributed by atoms with van der Waals surface area (Å²) >= 11 is 1.71. The highest BCUT2D eigenvalue weighted by Gasteiger charge is 2.07. The summed E-state index contributed by atoms with van der Waals surface area (Å²) in [4.78, 5) is 1.26. The Morgan fingerprint density at radius 3 is 2.89 bits per heavy atom. The normalized spacial score (nSPS) is 11.3. The first-order valence-electron chi connectivity index (χ1n) is 6.31. The summed E-state index contributed by atoms with van der Waals surface area (Å²) in [5, 5.41) is 13.6. The topological polar surface area (TPSA) is 51.0 Å². The molecule has 2 aromatic rings. The van der Waals surface area contributed by atoms with Gasteiger partial charge in [-0.15, -0.1) is 21.5 Å². The van der Waals surface area contributed by atoms with Gasteiger partial charge in [-0.05, 0) is 24.4 Å². The first-order valence-corrected chi connectivity index (χ1v) is 7.19. The zero-order valence-corrected chi connectivity index (χ0v) is 11.7. The lowest BCUT2D eigenvalue weighted by Gasteiger charge is -2.05. The number of nitrogens with one attached hydrogen (secondary N) is 1. The van der Waals surface area contributed by atoms with Crippen molar-refractivity contribution in [2.45, 2.75) is 39.2 Å².